The van der Waals surface area contributed by atoms with E-state index in [0.717, 1.165) is 5.56 Å². The second-order valence-electron chi connectivity index (χ2n) is 6.47. The number of rotatable bonds is 8. The molecule has 0 heterocycles. The number of methoxy groups -OCH3 is 1. The summed E-state index contributed by atoms with van der Waals surface area (Å²) < 4.78 is 32.9. The number of para-hydroxylation sites is 2. The van der Waals surface area contributed by atoms with Crippen molar-refractivity contribution in [2.24, 2.45) is 0 Å². The van der Waals surface area contributed by atoms with Crippen LogP contribution in [0.3, 0.4) is 0 Å². The molecule has 1 amide bonds. The normalized spacial score (nSPS) is 11.0. The van der Waals surface area contributed by atoms with E-state index in [1.807, 2.05) is 18.2 Å². The number of ether oxygens (including phenoxy) is 1. The summed E-state index contributed by atoms with van der Waals surface area (Å²) in [6.45, 7) is 0. The lowest BCUT2D eigenvalue weighted by Gasteiger charge is -2.12. The highest BCUT2D eigenvalue weighted by Gasteiger charge is 2.16. The number of halogens is 1. The predicted molar refractivity (Wildman–Crippen MR) is 119 cm³/mol. The Morgan fingerprint density at radius 2 is 1.63 bits per heavy atom. The van der Waals surface area contributed by atoms with Crippen LogP contribution in [-0.4, -0.2) is 21.4 Å². The highest BCUT2D eigenvalue weighted by molar-refractivity contribution is 7.92. The maximum Gasteiger partial charge on any atom is 0.262 e. The van der Waals surface area contributed by atoms with Crippen molar-refractivity contribution >= 4 is 38.9 Å². The maximum absolute atomic E-state index is 12.6. The van der Waals surface area contributed by atoms with Crippen LogP contribution in [0, 0.1) is 0 Å². The van der Waals surface area contributed by atoms with E-state index in [-0.39, 0.29) is 17.2 Å². The molecule has 3 aromatic carbocycles. The Kier molecular flexibility index (Phi) is 6.97. The number of carbonyl (C=O) groups is 1. The van der Waals surface area contributed by atoms with Crippen LogP contribution in [0.1, 0.15) is 12.0 Å². The number of hydrogen-bond acceptors (Lipinski definition) is 4. The molecule has 0 bridgehead atoms. The van der Waals surface area contributed by atoms with Crippen molar-refractivity contribution in [2.75, 3.05) is 17.1 Å². The number of aryl methyl sites for hydroxylation is 1. The molecule has 0 aliphatic rings. The third kappa shape index (κ3) is 5.52. The smallest absolute Gasteiger partial charge is 0.262 e. The van der Waals surface area contributed by atoms with Gasteiger partial charge in [-0.15, -0.1) is 0 Å². The number of benzene rings is 3. The van der Waals surface area contributed by atoms with Crippen LogP contribution in [0.2, 0.25) is 5.02 Å². The Balaban J connectivity index is 1.62. The van der Waals surface area contributed by atoms with Crippen LogP contribution in [0.5, 0.6) is 5.75 Å². The average molecular weight is 445 g/mol. The molecule has 3 rings (SSSR count). The van der Waals surface area contributed by atoms with Crippen molar-refractivity contribution in [3.63, 3.8) is 0 Å². The first-order valence-corrected chi connectivity index (χ1v) is 11.0. The molecule has 0 saturated heterocycles. The van der Waals surface area contributed by atoms with E-state index in [2.05, 4.69) is 10.0 Å². The third-order valence-corrected chi connectivity index (χ3v) is 6.13. The van der Waals surface area contributed by atoms with Gasteiger partial charge in [-0.25, -0.2) is 8.42 Å². The topological polar surface area (TPSA) is 84.5 Å². The summed E-state index contributed by atoms with van der Waals surface area (Å²) in [5, 5.41) is 3.39. The standard InChI is InChI=1S/C22H21ClN2O4S/c1-29-21-9-5-4-8-20(21)25-30(27,28)18-13-11-17(12-14-18)24-22(26)15-10-16-6-2-3-7-19(16)23/h2-9,11-14,25H,10,15H2,1H3,(H,24,26). The maximum atomic E-state index is 12.6. The SMILES string of the molecule is COc1ccccc1NS(=O)(=O)c1ccc(NC(=O)CCc2ccccc2Cl)cc1. The van der Waals surface area contributed by atoms with Gasteiger partial charge in [0.05, 0.1) is 17.7 Å². The van der Waals surface area contributed by atoms with Gasteiger partial charge in [0.2, 0.25) is 5.91 Å². The lowest BCUT2D eigenvalue weighted by atomic mass is 10.1. The Labute approximate surface area is 180 Å². The van der Waals surface area contributed by atoms with E-state index in [0.29, 0.717) is 28.6 Å². The second-order valence-corrected chi connectivity index (χ2v) is 8.56. The second kappa shape index (κ2) is 9.65. The first-order chi connectivity index (χ1) is 14.4. The third-order valence-electron chi connectivity index (χ3n) is 4.38. The minimum atomic E-state index is -3.80. The fraction of sp³-hybridized carbons (Fsp3) is 0.136. The first kappa shape index (κ1) is 21.7. The van der Waals surface area contributed by atoms with E-state index in [9.17, 15) is 13.2 Å². The van der Waals surface area contributed by atoms with Crippen molar-refractivity contribution in [3.8, 4) is 5.75 Å². The van der Waals surface area contributed by atoms with Gasteiger partial charge >= 0.3 is 0 Å². The van der Waals surface area contributed by atoms with Gasteiger partial charge in [0.15, 0.2) is 0 Å². The fourth-order valence-corrected chi connectivity index (χ4v) is 4.12. The molecule has 156 valence electrons. The number of amides is 1. The summed E-state index contributed by atoms with van der Waals surface area (Å²) in [5.41, 5.74) is 1.76. The largest absolute Gasteiger partial charge is 0.495 e. The van der Waals surface area contributed by atoms with Gasteiger partial charge in [-0.3, -0.25) is 9.52 Å². The highest BCUT2D eigenvalue weighted by Crippen LogP contribution is 2.26. The van der Waals surface area contributed by atoms with Gasteiger partial charge in [0.1, 0.15) is 5.75 Å². The fourth-order valence-electron chi connectivity index (χ4n) is 2.82. The van der Waals surface area contributed by atoms with E-state index in [1.54, 1.807) is 42.5 Å². The molecule has 0 radical (unpaired) electrons. The highest BCUT2D eigenvalue weighted by atomic mass is 35.5. The summed E-state index contributed by atoms with van der Waals surface area (Å²) in [5.74, 6) is 0.237. The molecule has 0 saturated carbocycles. The van der Waals surface area contributed by atoms with E-state index < -0.39 is 10.0 Å². The van der Waals surface area contributed by atoms with Crippen molar-refractivity contribution in [3.05, 3.63) is 83.4 Å². The van der Waals surface area contributed by atoms with Crippen LogP contribution in [-0.2, 0) is 21.2 Å². The molecule has 0 aliphatic carbocycles. The summed E-state index contributed by atoms with van der Waals surface area (Å²) >= 11 is 6.10. The summed E-state index contributed by atoms with van der Waals surface area (Å²) in [4.78, 5) is 12.3. The molecule has 0 atom stereocenters. The molecular formula is C22H21ClN2O4S. The number of nitrogens with one attached hydrogen (secondary N) is 2. The molecule has 0 fully saturated rings. The Hall–Kier alpha value is -3.03. The van der Waals surface area contributed by atoms with Gasteiger partial charge in [0.25, 0.3) is 10.0 Å². The molecule has 0 spiro atoms. The molecule has 8 heteroatoms. The van der Waals surface area contributed by atoms with Gasteiger partial charge in [-0.1, -0.05) is 41.9 Å². The van der Waals surface area contributed by atoms with Crippen LogP contribution < -0.4 is 14.8 Å². The van der Waals surface area contributed by atoms with Crippen molar-refractivity contribution in [2.45, 2.75) is 17.7 Å². The summed E-state index contributed by atoms with van der Waals surface area (Å²) in [6.07, 6.45) is 0.778. The van der Waals surface area contributed by atoms with Crippen molar-refractivity contribution in [1.82, 2.24) is 0 Å². The molecule has 0 aliphatic heterocycles. The molecule has 30 heavy (non-hydrogen) atoms. The molecular weight excluding hydrogens is 424 g/mol. The van der Waals surface area contributed by atoms with Crippen LogP contribution >= 0.6 is 11.6 Å². The number of anilines is 2. The summed E-state index contributed by atoms with van der Waals surface area (Å²) in [7, 11) is -2.33. The number of sulfonamides is 1. The monoisotopic (exact) mass is 444 g/mol. The first-order valence-electron chi connectivity index (χ1n) is 9.18. The molecule has 3 aromatic rings. The van der Waals surface area contributed by atoms with E-state index in [1.165, 1.54) is 19.2 Å². The van der Waals surface area contributed by atoms with Crippen LogP contribution in [0.4, 0.5) is 11.4 Å². The molecule has 6 nitrogen and oxygen atoms in total. The zero-order valence-corrected chi connectivity index (χ0v) is 17.8. The number of carbonyl (C=O) groups excluding carboxylic acids is 1. The Bertz CT molecular complexity index is 1130. The molecule has 0 aromatic heterocycles. The van der Waals surface area contributed by atoms with Gasteiger partial charge in [0, 0.05) is 17.1 Å². The van der Waals surface area contributed by atoms with Crippen LogP contribution in [0.25, 0.3) is 0 Å². The average Bonchev–Trinajstić information content (AvgIpc) is 2.74. The van der Waals surface area contributed by atoms with Gasteiger partial charge in [-0.05, 0) is 54.4 Å². The lowest BCUT2D eigenvalue weighted by molar-refractivity contribution is -0.116. The van der Waals surface area contributed by atoms with Crippen LogP contribution in [0.15, 0.2) is 77.7 Å². The predicted octanol–water partition coefficient (Wildman–Crippen LogP) is 4.72. The zero-order chi connectivity index (χ0) is 21.6. The van der Waals surface area contributed by atoms with E-state index in [4.69, 9.17) is 16.3 Å². The van der Waals surface area contributed by atoms with Gasteiger partial charge in [-0.2, -0.15) is 0 Å². The zero-order valence-electron chi connectivity index (χ0n) is 16.3. The molecule has 2 N–H and O–H groups in total. The Morgan fingerprint density at radius 1 is 0.967 bits per heavy atom. The summed E-state index contributed by atoms with van der Waals surface area (Å²) in [6, 6.07) is 20.1. The van der Waals surface area contributed by atoms with E-state index >= 15 is 0 Å². The van der Waals surface area contributed by atoms with Crippen molar-refractivity contribution < 1.29 is 17.9 Å². The quantitative estimate of drug-likeness (QED) is 0.526. The molecule has 0 unspecified atom stereocenters. The van der Waals surface area contributed by atoms with Crippen molar-refractivity contribution in [1.29, 1.82) is 0 Å². The Morgan fingerprint density at radius 3 is 2.33 bits per heavy atom. The van der Waals surface area contributed by atoms with Gasteiger partial charge < -0.3 is 10.1 Å². The lowest BCUT2D eigenvalue weighted by Crippen LogP contribution is -2.15. The minimum Gasteiger partial charge on any atom is -0.495 e. The number of hydrogen-bond donors (Lipinski definition) is 2. The minimum absolute atomic E-state index is 0.0717.